The third-order valence-electron chi connectivity index (χ3n) is 5.58. The van der Waals surface area contributed by atoms with Gasteiger partial charge in [-0.25, -0.2) is 0 Å². The van der Waals surface area contributed by atoms with Crippen LogP contribution in [0.15, 0.2) is 41.6 Å². The first-order valence-corrected chi connectivity index (χ1v) is 10.6. The minimum absolute atomic E-state index is 0.0499. The van der Waals surface area contributed by atoms with Crippen molar-refractivity contribution >= 4 is 34.8 Å². The second kappa shape index (κ2) is 8.57. The third kappa shape index (κ3) is 4.31. The number of oxime groups is 1. The zero-order valence-electron chi connectivity index (χ0n) is 16.9. The van der Waals surface area contributed by atoms with Crippen LogP contribution in [-0.4, -0.2) is 37.1 Å². The average molecular weight is 487 g/mol. The van der Waals surface area contributed by atoms with Crippen LogP contribution < -0.4 is 5.32 Å². The molecule has 0 aliphatic carbocycles. The van der Waals surface area contributed by atoms with Crippen LogP contribution in [0, 0.1) is 6.92 Å². The molecule has 1 amide bonds. The van der Waals surface area contributed by atoms with Gasteiger partial charge in [0.25, 0.3) is 11.5 Å². The maximum absolute atomic E-state index is 14.1. The Morgan fingerprint density at radius 3 is 2.50 bits per heavy atom. The second-order valence-electron chi connectivity index (χ2n) is 7.85. The number of aryl methyl sites for hydroxylation is 1. The summed E-state index contributed by atoms with van der Waals surface area (Å²) >= 11 is 11.9. The van der Waals surface area contributed by atoms with E-state index in [4.69, 9.17) is 32.8 Å². The number of benzene rings is 2. The fraction of sp³-hybridized carbons (Fsp3) is 0.364. The van der Waals surface area contributed by atoms with Crippen molar-refractivity contribution in [1.82, 2.24) is 5.32 Å². The lowest BCUT2D eigenvalue weighted by Crippen LogP contribution is -2.42. The number of ether oxygens (including phenoxy) is 1. The van der Waals surface area contributed by atoms with Gasteiger partial charge in [0.1, 0.15) is 0 Å². The summed E-state index contributed by atoms with van der Waals surface area (Å²) < 4.78 is 47.7. The summed E-state index contributed by atoms with van der Waals surface area (Å²) in [4.78, 5) is 17.6. The highest BCUT2D eigenvalue weighted by Crippen LogP contribution is 2.49. The molecule has 0 aromatic heterocycles. The van der Waals surface area contributed by atoms with Crippen LogP contribution in [0.5, 0.6) is 0 Å². The highest BCUT2D eigenvalue weighted by molar-refractivity contribution is 6.34. The zero-order valence-corrected chi connectivity index (χ0v) is 18.4. The quantitative estimate of drug-likeness (QED) is 0.628. The Morgan fingerprint density at radius 2 is 1.91 bits per heavy atom. The molecule has 2 aliphatic rings. The molecule has 0 spiro atoms. The molecule has 10 heteroatoms. The molecule has 1 saturated heterocycles. The number of hydrogen-bond donors (Lipinski definition) is 1. The van der Waals surface area contributed by atoms with Crippen molar-refractivity contribution in [1.29, 1.82) is 0 Å². The van der Waals surface area contributed by atoms with Crippen molar-refractivity contribution < 1.29 is 27.5 Å². The molecule has 2 heterocycles. The molecular formula is C22H19Cl2F3N2O3. The van der Waals surface area contributed by atoms with Crippen molar-refractivity contribution in [3.63, 3.8) is 0 Å². The van der Waals surface area contributed by atoms with Gasteiger partial charge in [0.05, 0.1) is 18.4 Å². The van der Waals surface area contributed by atoms with Gasteiger partial charge in [-0.3, -0.25) is 4.79 Å². The number of nitrogens with one attached hydrogen (secondary N) is 1. The van der Waals surface area contributed by atoms with Crippen molar-refractivity contribution in [2.45, 2.75) is 37.6 Å². The van der Waals surface area contributed by atoms with E-state index in [0.717, 1.165) is 6.42 Å². The molecule has 2 atom stereocenters. The zero-order chi connectivity index (χ0) is 23.1. The highest BCUT2D eigenvalue weighted by Gasteiger charge is 2.62. The number of halogens is 5. The van der Waals surface area contributed by atoms with E-state index in [0.29, 0.717) is 29.9 Å². The molecule has 5 nitrogen and oxygen atoms in total. The van der Waals surface area contributed by atoms with Crippen LogP contribution in [0.2, 0.25) is 10.0 Å². The van der Waals surface area contributed by atoms with Crippen LogP contribution in [0.4, 0.5) is 13.2 Å². The number of carbonyl (C=O) groups excluding carboxylic acids is 1. The lowest BCUT2D eigenvalue weighted by Gasteiger charge is -2.29. The Hall–Kier alpha value is -2.29. The van der Waals surface area contributed by atoms with Crippen LogP contribution in [0.1, 0.15) is 39.9 Å². The maximum Gasteiger partial charge on any atom is 0.435 e. The van der Waals surface area contributed by atoms with E-state index in [9.17, 15) is 18.0 Å². The number of alkyl halides is 3. The molecular weight excluding hydrogens is 468 g/mol. The summed E-state index contributed by atoms with van der Waals surface area (Å²) in [6.45, 7) is 2.78. The molecule has 0 saturated carbocycles. The molecule has 2 aromatic carbocycles. The van der Waals surface area contributed by atoms with Crippen LogP contribution in [0.3, 0.4) is 0 Å². The fourth-order valence-corrected chi connectivity index (χ4v) is 4.38. The number of rotatable bonds is 4. The summed E-state index contributed by atoms with van der Waals surface area (Å²) in [7, 11) is 0. The summed E-state index contributed by atoms with van der Waals surface area (Å²) in [5.41, 5.74) is -1.35. The molecule has 0 bridgehead atoms. The molecule has 170 valence electrons. The number of hydrogen-bond acceptors (Lipinski definition) is 4. The van der Waals surface area contributed by atoms with Crippen LogP contribution in [0.25, 0.3) is 0 Å². The van der Waals surface area contributed by atoms with Crippen molar-refractivity contribution in [2.75, 3.05) is 13.2 Å². The maximum atomic E-state index is 14.1. The van der Waals surface area contributed by atoms with Gasteiger partial charge in [0.2, 0.25) is 0 Å². The average Bonchev–Trinajstić information content (AvgIpc) is 3.37. The van der Waals surface area contributed by atoms with Gasteiger partial charge in [0, 0.05) is 34.2 Å². The normalized spacial score (nSPS) is 23.1. The Kier molecular flexibility index (Phi) is 6.13. The number of carbonyl (C=O) groups is 1. The van der Waals surface area contributed by atoms with E-state index < -0.39 is 18.2 Å². The van der Waals surface area contributed by atoms with Gasteiger partial charge >= 0.3 is 6.18 Å². The summed E-state index contributed by atoms with van der Waals surface area (Å²) in [6.07, 6.45) is -4.59. The lowest BCUT2D eigenvalue weighted by molar-refractivity contribution is -0.275. The summed E-state index contributed by atoms with van der Waals surface area (Å²) in [6, 6.07) is 8.40. The standard InChI is InChI=1S/C22H19Cl2F3N2O3/c1-12-6-13(2-3-18(12)20(30)28-17-4-5-31-11-17)19-10-21(32-29-19,22(25,26)27)14-7-15(23)9-16(24)8-14/h2-3,6-9,17H,4-5,10-11H2,1H3,(H,28,30). The molecule has 32 heavy (non-hydrogen) atoms. The van der Waals surface area contributed by atoms with E-state index in [2.05, 4.69) is 10.5 Å². The Morgan fingerprint density at radius 1 is 1.19 bits per heavy atom. The molecule has 2 aliphatic heterocycles. The smallest absolute Gasteiger partial charge is 0.379 e. The minimum atomic E-state index is -4.77. The molecule has 0 radical (unpaired) electrons. The van der Waals surface area contributed by atoms with E-state index >= 15 is 0 Å². The van der Waals surface area contributed by atoms with Crippen molar-refractivity contribution in [3.8, 4) is 0 Å². The first-order valence-electron chi connectivity index (χ1n) is 9.87. The van der Waals surface area contributed by atoms with Gasteiger partial charge in [-0.1, -0.05) is 34.4 Å². The SMILES string of the molecule is Cc1cc(C2=NOC(c3cc(Cl)cc(Cl)c3)(C(F)(F)F)C2)ccc1C(=O)NC1CCOC1. The summed E-state index contributed by atoms with van der Waals surface area (Å²) in [5.74, 6) is -0.257. The Labute approximate surface area is 192 Å². The van der Waals surface area contributed by atoms with Gasteiger partial charge in [0.15, 0.2) is 0 Å². The predicted octanol–water partition coefficient (Wildman–Crippen LogP) is 5.40. The van der Waals surface area contributed by atoms with Crippen molar-refractivity contribution in [2.24, 2.45) is 5.16 Å². The molecule has 4 rings (SSSR count). The number of nitrogens with zero attached hydrogens (tertiary/aromatic N) is 1. The van der Waals surface area contributed by atoms with Gasteiger partial charge in [-0.05, 0) is 54.8 Å². The Bertz CT molecular complexity index is 1060. The van der Waals surface area contributed by atoms with E-state index in [1.54, 1.807) is 25.1 Å². The molecule has 2 unspecified atom stereocenters. The topological polar surface area (TPSA) is 59.9 Å². The minimum Gasteiger partial charge on any atom is -0.379 e. The second-order valence-corrected chi connectivity index (χ2v) is 8.73. The van der Waals surface area contributed by atoms with Crippen LogP contribution >= 0.6 is 23.2 Å². The third-order valence-corrected chi connectivity index (χ3v) is 6.02. The molecule has 2 aromatic rings. The monoisotopic (exact) mass is 486 g/mol. The van der Waals surface area contributed by atoms with Gasteiger partial charge in [-0.2, -0.15) is 13.2 Å². The Balaban J connectivity index is 1.59. The lowest BCUT2D eigenvalue weighted by atomic mass is 9.86. The van der Waals surface area contributed by atoms with Crippen LogP contribution in [-0.2, 0) is 15.2 Å². The predicted molar refractivity (Wildman–Crippen MR) is 114 cm³/mol. The summed E-state index contributed by atoms with van der Waals surface area (Å²) in [5, 5.41) is 6.78. The van der Waals surface area contributed by atoms with Crippen molar-refractivity contribution in [3.05, 3.63) is 68.7 Å². The molecule has 1 N–H and O–H groups in total. The van der Waals surface area contributed by atoms with E-state index in [1.165, 1.54) is 18.2 Å². The fourth-order valence-electron chi connectivity index (χ4n) is 3.85. The number of amides is 1. The molecule has 1 fully saturated rings. The van der Waals surface area contributed by atoms with E-state index in [1.807, 2.05) is 0 Å². The first-order chi connectivity index (χ1) is 15.1. The highest BCUT2D eigenvalue weighted by atomic mass is 35.5. The van der Waals surface area contributed by atoms with Gasteiger partial charge < -0.3 is 14.9 Å². The van der Waals surface area contributed by atoms with E-state index in [-0.39, 0.29) is 33.3 Å². The van der Waals surface area contributed by atoms with Gasteiger partial charge in [-0.15, -0.1) is 0 Å². The largest absolute Gasteiger partial charge is 0.435 e. The first kappa shape index (κ1) is 22.9.